The second-order valence-electron chi connectivity index (χ2n) is 4.83. The summed E-state index contributed by atoms with van der Waals surface area (Å²) in [6, 6.07) is 14.5. The van der Waals surface area contributed by atoms with Crippen LogP contribution in [-0.2, 0) is 9.67 Å². The van der Waals surface area contributed by atoms with Crippen molar-refractivity contribution >= 4 is 28.4 Å². The number of hydrogen-bond acceptors (Lipinski definition) is 5. The van der Waals surface area contributed by atoms with Crippen molar-refractivity contribution in [3.8, 4) is 5.75 Å². The Morgan fingerprint density at radius 3 is 2.71 bits per heavy atom. The largest absolute Gasteiger partial charge is 0.507 e. The first-order valence-electron chi connectivity index (χ1n) is 6.44. The number of aromatic hydroxyl groups is 1. The summed E-state index contributed by atoms with van der Waals surface area (Å²) in [5.74, 6) is -0.00263. The minimum Gasteiger partial charge on any atom is -0.507 e. The lowest BCUT2D eigenvalue weighted by molar-refractivity contribution is -0.118. The van der Waals surface area contributed by atoms with Crippen molar-refractivity contribution in [2.24, 2.45) is 5.10 Å². The number of carbonyl (C=O) groups excluding carboxylic acids is 1. The van der Waals surface area contributed by atoms with Crippen LogP contribution in [0.5, 0.6) is 5.75 Å². The van der Waals surface area contributed by atoms with Gasteiger partial charge in [-0.15, -0.1) is 0 Å². The van der Waals surface area contributed by atoms with Gasteiger partial charge in [0.05, 0.1) is 5.56 Å². The van der Waals surface area contributed by atoms with Crippen LogP contribution in [-0.4, -0.2) is 16.1 Å². The predicted molar refractivity (Wildman–Crippen MR) is 82.1 cm³/mol. The number of para-hydroxylation sites is 2. The first-order chi connectivity index (χ1) is 10.2. The molecule has 21 heavy (non-hydrogen) atoms. The standard InChI is InChI=1S/C15H11N3O2S/c19-12-8-4-1-5-9(12)13-17-18-15(21-13)10-6-2-3-7-11(10)16-14(15)20/h1-8,18-19H,(H,16,20)/t15-/m0/s1. The molecule has 2 aromatic carbocycles. The van der Waals surface area contributed by atoms with Crippen LogP contribution >= 0.6 is 11.8 Å². The van der Waals surface area contributed by atoms with E-state index in [1.165, 1.54) is 11.8 Å². The first kappa shape index (κ1) is 12.3. The number of rotatable bonds is 1. The Hall–Kier alpha value is -2.47. The molecule has 3 N–H and O–H groups in total. The summed E-state index contributed by atoms with van der Waals surface area (Å²) in [5.41, 5.74) is 5.20. The third kappa shape index (κ3) is 1.66. The van der Waals surface area contributed by atoms with E-state index in [0.717, 1.165) is 11.3 Å². The van der Waals surface area contributed by atoms with E-state index in [2.05, 4.69) is 15.8 Å². The Morgan fingerprint density at radius 2 is 1.86 bits per heavy atom. The molecule has 0 radical (unpaired) electrons. The fourth-order valence-corrected chi connectivity index (χ4v) is 3.72. The number of phenols is 1. The number of phenolic OH excluding ortho intramolecular Hbond substituents is 1. The van der Waals surface area contributed by atoms with Crippen LogP contribution < -0.4 is 10.7 Å². The quantitative estimate of drug-likeness (QED) is 0.754. The summed E-state index contributed by atoms with van der Waals surface area (Å²) in [4.78, 5) is 11.4. The smallest absolute Gasteiger partial charge is 0.267 e. The van der Waals surface area contributed by atoms with Gasteiger partial charge < -0.3 is 10.4 Å². The maximum Gasteiger partial charge on any atom is 0.267 e. The van der Waals surface area contributed by atoms with E-state index in [4.69, 9.17) is 0 Å². The molecule has 1 atom stereocenters. The molecule has 2 aliphatic heterocycles. The summed E-state index contributed by atoms with van der Waals surface area (Å²) in [6.07, 6.45) is 0. The van der Waals surface area contributed by atoms with Gasteiger partial charge >= 0.3 is 0 Å². The highest BCUT2D eigenvalue weighted by atomic mass is 32.2. The molecule has 2 aromatic rings. The molecule has 1 spiro atoms. The topological polar surface area (TPSA) is 73.7 Å². The van der Waals surface area contributed by atoms with E-state index in [-0.39, 0.29) is 11.7 Å². The zero-order chi connectivity index (χ0) is 14.4. The van der Waals surface area contributed by atoms with Gasteiger partial charge in [0.25, 0.3) is 5.91 Å². The lowest BCUT2D eigenvalue weighted by Gasteiger charge is -2.19. The first-order valence-corrected chi connectivity index (χ1v) is 7.25. The molecular weight excluding hydrogens is 286 g/mol. The van der Waals surface area contributed by atoms with Crippen molar-refractivity contribution in [1.82, 2.24) is 5.43 Å². The zero-order valence-electron chi connectivity index (χ0n) is 10.8. The Labute approximate surface area is 125 Å². The molecule has 5 nitrogen and oxygen atoms in total. The minimum absolute atomic E-state index is 0.147. The van der Waals surface area contributed by atoms with Gasteiger partial charge in [-0.3, -0.25) is 10.2 Å². The number of hydrogen-bond donors (Lipinski definition) is 3. The Balaban J connectivity index is 1.76. The molecule has 0 bridgehead atoms. The number of thioether (sulfide) groups is 1. The van der Waals surface area contributed by atoms with Crippen LogP contribution in [0.25, 0.3) is 0 Å². The summed E-state index contributed by atoms with van der Waals surface area (Å²) in [5, 5.41) is 17.7. The fraction of sp³-hybridized carbons (Fsp3) is 0.0667. The second-order valence-corrected chi connectivity index (χ2v) is 6.03. The summed E-state index contributed by atoms with van der Waals surface area (Å²) in [6.45, 7) is 0. The van der Waals surface area contributed by atoms with Crippen LogP contribution in [0, 0.1) is 0 Å². The number of hydrazone groups is 1. The van der Waals surface area contributed by atoms with Gasteiger partial charge in [0, 0.05) is 11.3 Å². The van der Waals surface area contributed by atoms with Crippen molar-refractivity contribution in [1.29, 1.82) is 0 Å². The third-order valence-electron chi connectivity index (χ3n) is 3.57. The predicted octanol–water partition coefficient (Wildman–Crippen LogP) is 2.20. The highest BCUT2D eigenvalue weighted by molar-refractivity contribution is 8.16. The molecule has 104 valence electrons. The summed E-state index contributed by atoms with van der Waals surface area (Å²) >= 11 is 1.31. The molecule has 0 unspecified atom stereocenters. The fourth-order valence-electron chi connectivity index (χ4n) is 2.53. The van der Waals surface area contributed by atoms with Crippen LogP contribution in [0.2, 0.25) is 0 Å². The van der Waals surface area contributed by atoms with Gasteiger partial charge in [0.1, 0.15) is 10.8 Å². The lowest BCUT2D eigenvalue weighted by atomic mass is 10.1. The third-order valence-corrected chi connectivity index (χ3v) is 4.88. The number of nitrogens with one attached hydrogen (secondary N) is 2. The Morgan fingerprint density at radius 1 is 1.10 bits per heavy atom. The molecule has 0 fully saturated rings. The maximum atomic E-state index is 12.4. The van der Waals surface area contributed by atoms with Crippen molar-refractivity contribution in [3.63, 3.8) is 0 Å². The van der Waals surface area contributed by atoms with E-state index >= 15 is 0 Å². The molecule has 0 aromatic heterocycles. The molecule has 1 amide bonds. The minimum atomic E-state index is -0.950. The average Bonchev–Trinajstić information content (AvgIpc) is 3.05. The van der Waals surface area contributed by atoms with Crippen molar-refractivity contribution in [2.75, 3.05) is 5.32 Å². The summed E-state index contributed by atoms with van der Waals surface area (Å²) < 4.78 is 0. The normalized spacial score (nSPS) is 22.7. The molecule has 2 aliphatic rings. The molecule has 0 aliphatic carbocycles. The maximum absolute atomic E-state index is 12.4. The molecule has 4 rings (SSSR count). The second kappa shape index (κ2) is 4.26. The van der Waals surface area contributed by atoms with Crippen molar-refractivity contribution in [2.45, 2.75) is 4.87 Å². The van der Waals surface area contributed by atoms with Crippen LogP contribution in [0.15, 0.2) is 53.6 Å². The van der Waals surface area contributed by atoms with Crippen LogP contribution in [0.1, 0.15) is 11.1 Å². The molecular formula is C15H11N3O2S. The van der Waals surface area contributed by atoms with E-state index in [1.807, 2.05) is 30.3 Å². The number of amides is 1. The van der Waals surface area contributed by atoms with Crippen LogP contribution in [0.3, 0.4) is 0 Å². The Bertz CT molecular complexity index is 790. The van der Waals surface area contributed by atoms with E-state index in [1.54, 1.807) is 18.2 Å². The summed E-state index contributed by atoms with van der Waals surface area (Å²) in [7, 11) is 0. The lowest BCUT2D eigenvalue weighted by Crippen LogP contribution is -2.39. The number of fused-ring (bicyclic) bond motifs is 2. The molecule has 0 saturated heterocycles. The van der Waals surface area contributed by atoms with Gasteiger partial charge in [-0.25, -0.2) is 0 Å². The molecule has 0 saturated carbocycles. The van der Waals surface area contributed by atoms with E-state index < -0.39 is 4.87 Å². The highest BCUT2D eigenvalue weighted by Crippen LogP contribution is 2.48. The van der Waals surface area contributed by atoms with Crippen molar-refractivity contribution < 1.29 is 9.90 Å². The molecule has 2 heterocycles. The number of nitrogens with zero attached hydrogens (tertiary/aromatic N) is 1. The van der Waals surface area contributed by atoms with Gasteiger partial charge in [0.2, 0.25) is 4.87 Å². The zero-order valence-corrected chi connectivity index (χ0v) is 11.6. The SMILES string of the molecule is O=C1Nc2ccccc2[C@@]12NN=C(c1ccccc1O)S2. The van der Waals surface area contributed by atoms with E-state index in [9.17, 15) is 9.90 Å². The van der Waals surface area contributed by atoms with Gasteiger partial charge in [-0.1, -0.05) is 42.1 Å². The average molecular weight is 297 g/mol. The number of benzene rings is 2. The molecule has 6 heteroatoms. The van der Waals surface area contributed by atoms with Gasteiger partial charge in [-0.2, -0.15) is 5.10 Å². The Kier molecular flexibility index (Phi) is 2.49. The van der Waals surface area contributed by atoms with Gasteiger partial charge in [-0.05, 0) is 18.2 Å². The number of carbonyl (C=O) groups is 1. The van der Waals surface area contributed by atoms with Gasteiger partial charge in [0.15, 0.2) is 0 Å². The number of anilines is 1. The monoisotopic (exact) mass is 297 g/mol. The van der Waals surface area contributed by atoms with E-state index in [0.29, 0.717) is 10.6 Å². The highest BCUT2D eigenvalue weighted by Gasteiger charge is 2.52. The van der Waals surface area contributed by atoms with Crippen molar-refractivity contribution in [3.05, 3.63) is 59.7 Å². The van der Waals surface area contributed by atoms with Crippen LogP contribution in [0.4, 0.5) is 5.69 Å².